The van der Waals surface area contributed by atoms with Gasteiger partial charge in [0.1, 0.15) is 9.84 Å². The highest BCUT2D eigenvalue weighted by molar-refractivity contribution is 7.91. The molecule has 0 unspecified atom stereocenters. The first kappa shape index (κ1) is 17.0. The van der Waals surface area contributed by atoms with E-state index in [0.29, 0.717) is 12.5 Å². The Morgan fingerprint density at radius 3 is 2.45 bits per heavy atom. The summed E-state index contributed by atoms with van der Waals surface area (Å²) in [6.07, 6.45) is 0.668. The molecule has 0 radical (unpaired) electrons. The van der Waals surface area contributed by atoms with Crippen LogP contribution in [0, 0.1) is 0 Å². The van der Waals surface area contributed by atoms with E-state index in [1.807, 2.05) is 24.3 Å². The van der Waals surface area contributed by atoms with Crippen LogP contribution < -0.4 is 5.73 Å². The monoisotopic (exact) mass is 298 g/mol. The summed E-state index contributed by atoms with van der Waals surface area (Å²) in [7, 11) is -2.87. The Labute approximate surface area is 122 Å². The molecule has 1 aromatic carbocycles. The van der Waals surface area contributed by atoms with Crippen molar-refractivity contribution in [2.24, 2.45) is 0 Å². The Balaban J connectivity index is 2.60. The van der Waals surface area contributed by atoms with Crippen molar-refractivity contribution in [3.8, 4) is 0 Å². The number of anilines is 1. The molecule has 0 heterocycles. The van der Waals surface area contributed by atoms with Crippen LogP contribution in [0.4, 0.5) is 5.69 Å². The van der Waals surface area contributed by atoms with Gasteiger partial charge in [-0.1, -0.05) is 25.1 Å². The predicted molar refractivity (Wildman–Crippen MR) is 85.3 cm³/mol. The van der Waals surface area contributed by atoms with Gasteiger partial charge in [-0.25, -0.2) is 8.42 Å². The normalized spacial score (nSPS) is 12.2. The van der Waals surface area contributed by atoms with Crippen LogP contribution in [0.5, 0.6) is 0 Å². The van der Waals surface area contributed by atoms with Crippen molar-refractivity contribution in [1.82, 2.24) is 4.90 Å². The van der Waals surface area contributed by atoms with Crippen LogP contribution in [0.1, 0.15) is 32.8 Å². The molecule has 2 N–H and O–H groups in total. The van der Waals surface area contributed by atoms with E-state index >= 15 is 0 Å². The fourth-order valence-electron chi connectivity index (χ4n) is 2.05. The smallest absolute Gasteiger partial charge is 0.150 e. The van der Waals surface area contributed by atoms with Crippen molar-refractivity contribution in [3.63, 3.8) is 0 Å². The third kappa shape index (κ3) is 5.51. The molecule has 0 amide bonds. The van der Waals surface area contributed by atoms with Gasteiger partial charge in [0.2, 0.25) is 0 Å². The number of hydrogen-bond acceptors (Lipinski definition) is 4. The van der Waals surface area contributed by atoms with E-state index in [-0.39, 0.29) is 11.5 Å². The van der Waals surface area contributed by atoms with E-state index < -0.39 is 9.84 Å². The number of nitrogens with zero attached hydrogens (tertiary/aromatic N) is 1. The average molecular weight is 298 g/mol. The van der Waals surface area contributed by atoms with E-state index in [9.17, 15) is 8.42 Å². The van der Waals surface area contributed by atoms with Crippen molar-refractivity contribution < 1.29 is 8.42 Å². The number of benzene rings is 1. The lowest BCUT2D eigenvalue weighted by Crippen LogP contribution is -2.32. The molecule has 1 aromatic rings. The van der Waals surface area contributed by atoms with Gasteiger partial charge in [-0.3, -0.25) is 4.90 Å². The van der Waals surface area contributed by atoms with Gasteiger partial charge >= 0.3 is 0 Å². The average Bonchev–Trinajstić information content (AvgIpc) is 2.39. The van der Waals surface area contributed by atoms with Gasteiger partial charge in [0, 0.05) is 24.0 Å². The van der Waals surface area contributed by atoms with E-state index in [0.717, 1.165) is 24.3 Å². The van der Waals surface area contributed by atoms with Crippen LogP contribution in [0.3, 0.4) is 0 Å². The number of rotatable bonds is 8. The van der Waals surface area contributed by atoms with Gasteiger partial charge in [-0.15, -0.1) is 0 Å². The van der Waals surface area contributed by atoms with Gasteiger partial charge in [-0.2, -0.15) is 0 Å². The molecule has 0 saturated heterocycles. The second kappa shape index (κ2) is 7.64. The standard InChI is InChI=1S/C15H26N2O2S/c1-4-20(18,19)11-7-10-17(13(2)3)12-14-8-5-6-9-15(14)16/h5-6,8-9,13H,4,7,10-12,16H2,1-3H3. The zero-order chi connectivity index (χ0) is 15.2. The van der Waals surface area contributed by atoms with E-state index in [1.54, 1.807) is 6.92 Å². The van der Waals surface area contributed by atoms with Crippen molar-refractivity contribution >= 4 is 15.5 Å². The molecule has 5 heteroatoms. The Morgan fingerprint density at radius 1 is 1.25 bits per heavy atom. The minimum Gasteiger partial charge on any atom is -0.398 e. The molecule has 0 fully saturated rings. The van der Waals surface area contributed by atoms with Crippen LogP contribution in [0.15, 0.2) is 24.3 Å². The first-order valence-electron chi connectivity index (χ1n) is 7.13. The maximum absolute atomic E-state index is 11.5. The van der Waals surface area contributed by atoms with Crippen LogP contribution in [0.2, 0.25) is 0 Å². The van der Waals surface area contributed by atoms with Crippen LogP contribution >= 0.6 is 0 Å². The van der Waals surface area contributed by atoms with Gasteiger partial charge in [0.15, 0.2) is 0 Å². The van der Waals surface area contributed by atoms with Gasteiger partial charge in [0.05, 0.1) is 5.75 Å². The topological polar surface area (TPSA) is 63.4 Å². The van der Waals surface area contributed by atoms with E-state index in [2.05, 4.69) is 18.7 Å². The maximum atomic E-state index is 11.5. The Hall–Kier alpha value is -1.07. The number of sulfone groups is 1. The summed E-state index contributed by atoms with van der Waals surface area (Å²) in [6, 6.07) is 8.18. The second-order valence-corrected chi connectivity index (χ2v) is 7.83. The van der Waals surface area contributed by atoms with Gasteiger partial charge in [0.25, 0.3) is 0 Å². The summed E-state index contributed by atoms with van der Waals surface area (Å²) in [4.78, 5) is 2.26. The lowest BCUT2D eigenvalue weighted by atomic mass is 10.1. The molecular formula is C15H26N2O2S. The fourth-order valence-corrected chi connectivity index (χ4v) is 2.91. The van der Waals surface area contributed by atoms with Crippen molar-refractivity contribution in [1.29, 1.82) is 0 Å². The van der Waals surface area contributed by atoms with Crippen molar-refractivity contribution in [2.45, 2.75) is 39.8 Å². The van der Waals surface area contributed by atoms with Gasteiger partial charge in [-0.05, 0) is 38.4 Å². The predicted octanol–water partition coefficient (Wildman–Crippen LogP) is 2.30. The van der Waals surface area contributed by atoms with Gasteiger partial charge < -0.3 is 5.73 Å². The largest absolute Gasteiger partial charge is 0.398 e. The molecule has 0 bridgehead atoms. The molecule has 0 aliphatic rings. The maximum Gasteiger partial charge on any atom is 0.150 e. The molecule has 0 spiro atoms. The number of para-hydroxylation sites is 1. The van der Waals surface area contributed by atoms with E-state index in [1.165, 1.54) is 0 Å². The molecule has 0 atom stereocenters. The highest BCUT2D eigenvalue weighted by atomic mass is 32.2. The van der Waals surface area contributed by atoms with Crippen LogP contribution in [0.25, 0.3) is 0 Å². The summed E-state index contributed by atoms with van der Waals surface area (Å²) in [5.74, 6) is 0.483. The van der Waals surface area contributed by atoms with Crippen LogP contribution in [-0.4, -0.2) is 37.4 Å². The van der Waals surface area contributed by atoms with Crippen molar-refractivity contribution in [3.05, 3.63) is 29.8 Å². The molecule has 20 heavy (non-hydrogen) atoms. The SMILES string of the molecule is CCS(=O)(=O)CCCN(Cc1ccccc1N)C(C)C. The minimum absolute atomic E-state index is 0.223. The summed E-state index contributed by atoms with van der Waals surface area (Å²) in [6.45, 7) is 7.46. The Bertz CT molecular complexity index is 512. The zero-order valence-electron chi connectivity index (χ0n) is 12.7. The third-order valence-electron chi connectivity index (χ3n) is 3.50. The molecule has 4 nitrogen and oxygen atoms in total. The molecule has 1 rings (SSSR count). The first-order valence-corrected chi connectivity index (χ1v) is 8.95. The second-order valence-electron chi connectivity index (χ2n) is 5.35. The lowest BCUT2D eigenvalue weighted by molar-refractivity contribution is 0.214. The minimum atomic E-state index is -2.87. The third-order valence-corrected chi connectivity index (χ3v) is 5.29. The highest BCUT2D eigenvalue weighted by Crippen LogP contribution is 2.15. The van der Waals surface area contributed by atoms with Crippen LogP contribution in [-0.2, 0) is 16.4 Å². The number of nitrogen functional groups attached to an aromatic ring is 1. The summed E-state index contributed by atoms with van der Waals surface area (Å²) >= 11 is 0. The number of hydrogen-bond donors (Lipinski definition) is 1. The zero-order valence-corrected chi connectivity index (χ0v) is 13.5. The molecule has 114 valence electrons. The quantitative estimate of drug-likeness (QED) is 0.748. The molecule has 0 aromatic heterocycles. The molecule has 0 aliphatic heterocycles. The summed E-state index contributed by atoms with van der Waals surface area (Å²) in [5, 5.41) is 0. The summed E-state index contributed by atoms with van der Waals surface area (Å²) < 4.78 is 23.0. The first-order chi connectivity index (χ1) is 9.35. The lowest BCUT2D eigenvalue weighted by Gasteiger charge is -2.27. The molecule has 0 saturated carbocycles. The molecule has 0 aliphatic carbocycles. The fraction of sp³-hybridized carbons (Fsp3) is 0.600. The Morgan fingerprint density at radius 2 is 1.90 bits per heavy atom. The highest BCUT2D eigenvalue weighted by Gasteiger charge is 2.13. The Kier molecular flexibility index (Phi) is 6.49. The van der Waals surface area contributed by atoms with E-state index in [4.69, 9.17) is 5.73 Å². The number of nitrogens with two attached hydrogens (primary N) is 1. The van der Waals surface area contributed by atoms with Crippen molar-refractivity contribution in [2.75, 3.05) is 23.8 Å². The molecular weight excluding hydrogens is 272 g/mol. The summed E-state index contributed by atoms with van der Waals surface area (Å²) in [5.41, 5.74) is 7.85.